The molecule has 20 heavy (non-hydrogen) atoms. The van der Waals surface area contributed by atoms with Gasteiger partial charge in [-0.2, -0.15) is 0 Å². The summed E-state index contributed by atoms with van der Waals surface area (Å²) in [4.78, 5) is 30.6. The van der Waals surface area contributed by atoms with E-state index in [4.69, 9.17) is 5.73 Å². The van der Waals surface area contributed by atoms with Crippen LogP contribution in [0.1, 0.15) is 22.5 Å². The zero-order chi connectivity index (χ0) is 13.6. The number of rotatable bonds is 0. The Hall–Kier alpha value is -1.80. The number of H-pyrrole nitrogens is 1. The summed E-state index contributed by atoms with van der Waals surface area (Å²) in [5, 5.41) is 5.19. The van der Waals surface area contributed by atoms with Crippen molar-refractivity contribution in [2.24, 2.45) is 10.7 Å². The third-order valence-corrected chi connectivity index (χ3v) is 3.40. The molecule has 2 aliphatic heterocycles. The number of aliphatic imine (C=N–C) groups is 1. The topological polar surface area (TPSA) is 112 Å². The van der Waals surface area contributed by atoms with Gasteiger partial charge in [0.25, 0.3) is 11.8 Å². The summed E-state index contributed by atoms with van der Waals surface area (Å²) in [6, 6.07) is 1.76. The van der Waals surface area contributed by atoms with Crippen molar-refractivity contribution in [3.8, 4) is 0 Å². The van der Waals surface area contributed by atoms with Crippen molar-refractivity contribution in [1.82, 2.24) is 15.6 Å². The summed E-state index contributed by atoms with van der Waals surface area (Å²) in [7, 11) is 0. The Morgan fingerprint density at radius 2 is 2.05 bits per heavy atom. The number of fused-ring (bicyclic) bond motifs is 1. The molecule has 0 spiro atoms. The van der Waals surface area contributed by atoms with Crippen LogP contribution in [-0.2, 0) is 4.79 Å². The van der Waals surface area contributed by atoms with Gasteiger partial charge in [0.2, 0.25) is 5.96 Å². The fourth-order valence-corrected chi connectivity index (χ4v) is 2.62. The van der Waals surface area contributed by atoms with Crippen molar-refractivity contribution < 1.29 is 9.59 Å². The zero-order valence-electron chi connectivity index (χ0n) is 10.1. The molecule has 0 aromatic carbocycles. The summed E-state index contributed by atoms with van der Waals surface area (Å²) >= 11 is 3.29. The third-order valence-electron chi connectivity index (χ3n) is 2.97. The molecule has 0 unspecified atom stereocenters. The number of halogens is 2. The molecule has 2 amide bonds. The van der Waals surface area contributed by atoms with Crippen LogP contribution in [0.4, 0.5) is 0 Å². The Morgan fingerprint density at radius 1 is 1.30 bits per heavy atom. The van der Waals surface area contributed by atoms with Crippen LogP contribution in [0.5, 0.6) is 0 Å². The number of nitrogens with two attached hydrogens (primary N) is 1. The average molecular weight is 361 g/mol. The fourth-order valence-electron chi connectivity index (χ4n) is 2.19. The van der Waals surface area contributed by atoms with E-state index in [0.29, 0.717) is 34.4 Å². The van der Waals surface area contributed by atoms with Crippen LogP contribution in [0.3, 0.4) is 0 Å². The molecule has 0 atom stereocenters. The van der Waals surface area contributed by atoms with Gasteiger partial charge in [0.1, 0.15) is 11.4 Å². The molecule has 0 radical (unpaired) electrons. The van der Waals surface area contributed by atoms with E-state index in [-0.39, 0.29) is 35.9 Å². The first-order chi connectivity index (χ1) is 9.06. The van der Waals surface area contributed by atoms with Crippen LogP contribution >= 0.6 is 28.3 Å². The number of guanidine groups is 1. The van der Waals surface area contributed by atoms with Crippen molar-refractivity contribution in [1.29, 1.82) is 0 Å². The van der Waals surface area contributed by atoms with Crippen LogP contribution in [0, 0.1) is 0 Å². The highest BCUT2D eigenvalue weighted by atomic mass is 79.9. The van der Waals surface area contributed by atoms with Crippen LogP contribution in [0.2, 0.25) is 0 Å². The van der Waals surface area contributed by atoms with Gasteiger partial charge in [-0.3, -0.25) is 14.9 Å². The fraction of sp³-hybridized carbons (Fsp3) is 0.182. The summed E-state index contributed by atoms with van der Waals surface area (Å²) in [6.45, 7) is 0.445. The van der Waals surface area contributed by atoms with E-state index in [2.05, 4.69) is 36.5 Å². The van der Waals surface area contributed by atoms with E-state index >= 15 is 0 Å². The number of nitrogens with zero attached hydrogens (tertiary/aromatic N) is 1. The Labute approximate surface area is 128 Å². The molecule has 0 aliphatic carbocycles. The van der Waals surface area contributed by atoms with Crippen molar-refractivity contribution in [3.05, 3.63) is 27.6 Å². The lowest BCUT2D eigenvalue weighted by Crippen LogP contribution is -2.30. The number of nitrogens with one attached hydrogen (secondary N) is 3. The molecule has 0 fully saturated rings. The van der Waals surface area contributed by atoms with Gasteiger partial charge in [-0.15, -0.1) is 12.4 Å². The Bertz CT molecular complexity index is 664. The Morgan fingerprint density at radius 3 is 2.70 bits per heavy atom. The van der Waals surface area contributed by atoms with E-state index < -0.39 is 0 Å². The molecule has 0 saturated heterocycles. The molecule has 106 valence electrons. The molecule has 1 aromatic heterocycles. The van der Waals surface area contributed by atoms with Gasteiger partial charge >= 0.3 is 0 Å². The molecule has 3 rings (SSSR count). The molecule has 2 aliphatic rings. The molecule has 3 heterocycles. The van der Waals surface area contributed by atoms with Crippen LogP contribution in [0.15, 0.2) is 21.4 Å². The van der Waals surface area contributed by atoms with Crippen molar-refractivity contribution in [3.63, 3.8) is 0 Å². The van der Waals surface area contributed by atoms with Crippen molar-refractivity contribution >= 4 is 51.7 Å². The first kappa shape index (κ1) is 14.6. The molecule has 9 heteroatoms. The van der Waals surface area contributed by atoms with E-state index in [1.165, 1.54) is 0 Å². The Kier molecular flexibility index (Phi) is 3.87. The molecule has 0 bridgehead atoms. The number of aromatic nitrogens is 1. The lowest BCUT2D eigenvalue weighted by Gasteiger charge is -2.04. The number of hydrogen-bond acceptors (Lipinski definition) is 4. The predicted molar refractivity (Wildman–Crippen MR) is 79.4 cm³/mol. The van der Waals surface area contributed by atoms with E-state index in [1.54, 1.807) is 6.07 Å². The standard InChI is InChI=1S/C11H10BrN5O2.ClH/c12-6-3-5-4(7-10(19)17-11(13)16-7)1-2-14-9(18)8(5)15-6;/h3,15H,1-2H2,(H,14,18)(H3,13,16,17,19);1H/b7-4-;. The smallest absolute Gasteiger partial charge is 0.277 e. The highest BCUT2D eigenvalue weighted by Crippen LogP contribution is 2.31. The number of amides is 2. The summed E-state index contributed by atoms with van der Waals surface area (Å²) < 4.78 is 0.669. The molecular weight excluding hydrogens is 350 g/mol. The molecule has 5 N–H and O–H groups in total. The molecule has 0 saturated carbocycles. The van der Waals surface area contributed by atoms with Crippen molar-refractivity contribution in [2.45, 2.75) is 6.42 Å². The van der Waals surface area contributed by atoms with Crippen LogP contribution in [-0.4, -0.2) is 29.3 Å². The maximum atomic E-state index is 11.9. The second-order valence-corrected chi connectivity index (χ2v) is 5.04. The lowest BCUT2D eigenvalue weighted by atomic mass is 10.0. The third kappa shape index (κ3) is 2.32. The number of hydrogen-bond donors (Lipinski definition) is 4. The average Bonchev–Trinajstić information content (AvgIpc) is 2.84. The minimum absolute atomic E-state index is 0. The summed E-state index contributed by atoms with van der Waals surface area (Å²) in [5.41, 5.74) is 7.55. The number of aromatic amines is 1. The monoisotopic (exact) mass is 359 g/mol. The van der Waals surface area contributed by atoms with Gasteiger partial charge in [-0.25, -0.2) is 4.99 Å². The molecule has 7 nitrogen and oxygen atoms in total. The molecular formula is C11H11BrClN5O2. The van der Waals surface area contributed by atoms with E-state index in [0.717, 1.165) is 0 Å². The highest BCUT2D eigenvalue weighted by molar-refractivity contribution is 9.10. The predicted octanol–water partition coefficient (Wildman–Crippen LogP) is 0.488. The van der Waals surface area contributed by atoms with Crippen LogP contribution < -0.4 is 16.4 Å². The Balaban J connectivity index is 0.00000147. The summed E-state index contributed by atoms with van der Waals surface area (Å²) in [6.07, 6.45) is 0.516. The normalized spacial score (nSPS) is 21.4. The van der Waals surface area contributed by atoms with Gasteiger partial charge in [-0.05, 0) is 34.0 Å². The molecule has 1 aromatic rings. The van der Waals surface area contributed by atoms with E-state index in [9.17, 15) is 9.59 Å². The zero-order valence-corrected chi connectivity index (χ0v) is 12.5. The largest absolute Gasteiger partial charge is 0.369 e. The van der Waals surface area contributed by atoms with Crippen molar-refractivity contribution in [2.75, 3.05) is 6.54 Å². The van der Waals surface area contributed by atoms with E-state index in [1.807, 2.05) is 0 Å². The minimum Gasteiger partial charge on any atom is -0.369 e. The lowest BCUT2D eigenvalue weighted by molar-refractivity contribution is -0.115. The quantitative estimate of drug-likeness (QED) is 0.505. The maximum absolute atomic E-state index is 11.9. The number of carbonyl (C=O) groups excluding carboxylic acids is 2. The second kappa shape index (κ2) is 5.29. The minimum atomic E-state index is -0.342. The van der Waals surface area contributed by atoms with Gasteiger partial charge in [-0.1, -0.05) is 0 Å². The highest BCUT2D eigenvalue weighted by Gasteiger charge is 2.28. The SMILES string of the molecule is Cl.NC1=N/C(=C2/CCNC(=O)c3[nH]c(Br)cc32)C(=O)N1. The van der Waals surface area contributed by atoms with Crippen LogP contribution in [0.25, 0.3) is 5.57 Å². The van der Waals surface area contributed by atoms with Gasteiger partial charge in [0.05, 0.1) is 4.60 Å². The maximum Gasteiger partial charge on any atom is 0.277 e. The van der Waals surface area contributed by atoms with Gasteiger partial charge in [0.15, 0.2) is 0 Å². The number of carbonyl (C=O) groups is 2. The van der Waals surface area contributed by atoms with Gasteiger partial charge in [0, 0.05) is 12.1 Å². The second-order valence-electron chi connectivity index (χ2n) is 4.19. The first-order valence-electron chi connectivity index (χ1n) is 5.62. The van der Waals surface area contributed by atoms with Gasteiger partial charge < -0.3 is 16.0 Å². The summed E-state index contributed by atoms with van der Waals surface area (Å²) in [5.74, 6) is -0.469. The first-order valence-corrected chi connectivity index (χ1v) is 6.41.